The monoisotopic (exact) mass is 459 g/mol. The highest BCUT2D eigenvalue weighted by atomic mass is 32.2. The zero-order valence-corrected chi connectivity index (χ0v) is 18.6. The van der Waals surface area contributed by atoms with E-state index in [-0.39, 0.29) is 15.7 Å². The molecule has 0 saturated heterocycles. The van der Waals surface area contributed by atoms with Crippen LogP contribution in [0.4, 0.5) is 5.69 Å². The van der Waals surface area contributed by atoms with Gasteiger partial charge in [-0.15, -0.1) is 0 Å². The molecule has 0 saturated carbocycles. The highest BCUT2D eigenvalue weighted by Crippen LogP contribution is 2.27. The van der Waals surface area contributed by atoms with Crippen LogP contribution in [0, 0.1) is 0 Å². The van der Waals surface area contributed by atoms with Gasteiger partial charge in [-0.1, -0.05) is 30.3 Å². The van der Waals surface area contributed by atoms with Crippen LogP contribution in [0.25, 0.3) is 0 Å². The molecule has 0 atom stereocenters. The van der Waals surface area contributed by atoms with Crippen LogP contribution in [0.15, 0.2) is 113 Å². The van der Waals surface area contributed by atoms with Gasteiger partial charge in [0.25, 0.3) is 5.91 Å². The lowest BCUT2D eigenvalue weighted by molar-refractivity contribution is 0.102. The lowest BCUT2D eigenvalue weighted by Crippen LogP contribution is -2.13. The van der Waals surface area contributed by atoms with E-state index in [9.17, 15) is 13.2 Å². The molecule has 0 radical (unpaired) electrons. The first-order chi connectivity index (χ1) is 16.0. The van der Waals surface area contributed by atoms with Gasteiger partial charge in [-0.2, -0.15) is 0 Å². The summed E-state index contributed by atoms with van der Waals surface area (Å²) in [6, 6.07) is 28.3. The molecular formula is C26H21NO5S. The van der Waals surface area contributed by atoms with Crippen molar-refractivity contribution in [3.63, 3.8) is 0 Å². The van der Waals surface area contributed by atoms with Crippen molar-refractivity contribution in [1.29, 1.82) is 0 Å². The molecule has 6 nitrogen and oxygen atoms in total. The van der Waals surface area contributed by atoms with E-state index in [1.807, 2.05) is 30.3 Å². The summed E-state index contributed by atoms with van der Waals surface area (Å²) in [5, 5.41) is 2.77. The summed E-state index contributed by atoms with van der Waals surface area (Å²) in [4.78, 5) is 12.8. The van der Waals surface area contributed by atoms with Gasteiger partial charge >= 0.3 is 0 Å². The summed E-state index contributed by atoms with van der Waals surface area (Å²) in [5.74, 6) is 1.36. The largest absolute Gasteiger partial charge is 0.495 e. The molecule has 1 amide bonds. The van der Waals surface area contributed by atoms with E-state index in [0.29, 0.717) is 28.5 Å². The Labute approximate surface area is 192 Å². The smallest absolute Gasteiger partial charge is 0.255 e. The highest BCUT2D eigenvalue weighted by molar-refractivity contribution is 7.91. The van der Waals surface area contributed by atoms with Crippen molar-refractivity contribution in [3.8, 4) is 17.2 Å². The molecular weight excluding hydrogens is 438 g/mol. The van der Waals surface area contributed by atoms with Gasteiger partial charge in [0.1, 0.15) is 17.2 Å². The lowest BCUT2D eigenvalue weighted by Gasteiger charge is -2.10. The molecule has 0 bridgehead atoms. The first kappa shape index (κ1) is 22.1. The number of amides is 1. The molecule has 4 aromatic carbocycles. The predicted octanol–water partition coefficient (Wildman–Crippen LogP) is 5.57. The van der Waals surface area contributed by atoms with Gasteiger partial charge in [0.15, 0.2) is 0 Å². The van der Waals surface area contributed by atoms with Crippen LogP contribution in [0.2, 0.25) is 0 Å². The fourth-order valence-electron chi connectivity index (χ4n) is 3.18. The number of hydrogen-bond donors (Lipinski definition) is 1. The van der Waals surface area contributed by atoms with Crippen molar-refractivity contribution in [2.24, 2.45) is 0 Å². The molecule has 0 unspecified atom stereocenters. The van der Waals surface area contributed by atoms with Gasteiger partial charge in [0.2, 0.25) is 9.84 Å². The topological polar surface area (TPSA) is 81.7 Å². The van der Waals surface area contributed by atoms with Crippen molar-refractivity contribution < 1.29 is 22.7 Å². The number of anilines is 1. The van der Waals surface area contributed by atoms with Gasteiger partial charge < -0.3 is 14.8 Å². The number of rotatable bonds is 7. The minimum absolute atomic E-state index is 0.0908. The Morgan fingerprint density at radius 2 is 1.24 bits per heavy atom. The fourth-order valence-corrected chi connectivity index (χ4v) is 4.44. The molecule has 1 N–H and O–H groups in total. The molecule has 0 aromatic heterocycles. The predicted molar refractivity (Wildman–Crippen MR) is 126 cm³/mol. The second-order valence-corrected chi connectivity index (χ2v) is 9.02. The number of para-hydroxylation sites is 3. The van der Waals surface area contributed by atoms with Crippen LogP contribution >= 0.6 is 0 Å². The van der Waals surface area contributed by atoms with E-state index < -0.39 is 9.84 Å². The molecule has 7 heteroatoms. The number of carbonyl (C=O) groups is 1. The molecule has 4 rings (SSSR count). The maximum absolute atomic E-state index is 13.0. The number of benzene rings is 4. The van der Waals surface area contributed by atoms with E-state index in [2.05, 4.69) is 5.32 Å². The summed E-state index contributed by atoms with van der Waals surface area (Å²) in [5.41, 5.74) is 0.853. The van der Waals surface area contributed by atoms with Gasteiger partial charge in [-0.25, -0.2) is 8.42 Å². The van der Waals surface area contributed by atoms with Crippen LogP contribution in [0.5, 0.6) is 17.2 Å². The van der Waals surface area contributed by atoms with Gasteiger partial charge in [0.05, 0.1) is 22.6 Å². The molecule has 0 heterocycles. The number of sulfone groups is 1. The van der Waals surface area contributed by atoms with Crippen molar-refractivity contribution in [3.05, 3.63) is 109 Å². The standard InChI is InChI=1S/C26H21NO5S/c1-31-25-10-6-5-9-24(25)27-26(28)19-11-15-22(16-12-19)33(29,30)23-17-13-21(14-18-23)32-20-7-3-2-4-8-20/h2-18H,1H3,(H,27,28). The highest BCUT2D eigenvalue weighted by Gasteiger charge is 2.19. The summed E-state index contributed by atoms with van der Waals surface area (Å²) >= 11 is 0. The van der Waals surface area contributed by atoms with E-state index >= 15 is 0 Å². The van der Waals surface area contributed by atoms with E-state index in [4.69, 9.17) is 9.47 Å². The summed E-state index contributed by atoms with van der Waals surface area (Å²) in [7, 11) is -2.23. The van der Waals surface area contributed by atoms with E-state index in [1.54, 1.807) is 36.4 Å². The molecule has 0 fully saturated rings. The summed E-state index contributed by atoms with van der Waals surface area (Å²) in [6.45, 7) is 0. The first-order valence-corrected chi connectivity index (χ1v) is 11.6. The normalized spacial score (nSPS) is 10.9. The number of hydrogen-bond acceptors (Lipinski definition) is 5. The Kier molecular flexibility index (Phi) is 6.42. The van der Waals surface area contributed by atoms with E-state index in [1.165, 1.54) is 43.5 Å². The molecule has 166 valence electrons. The second-order valence-electron chi connectivity index (χ2n) is 7.07. The second kappa shape index (κ2) is 9.58. The third-order valence-corrected chi connectivity index (χ3v) is 6.68. The Hall–Kier alpha value is -4.10. The molecule has 0 aliphatic rings. The van der Waals surface area contributed by atoms with Crippen LogP contribution in [0.3, 0.4) is 0 Å². The average Bonchev–Trinajstić information content (AvgIpc) is 2.85. The van der Waals surface area contributed by atoms with E-state index in [0.717, 1.165) is 0 Å². The maximum atomic E-state index is 13.0. The average molecular weight is 460 g/mol. The molecule has 0 aliphatic heterocycles. The number of ether oxygens (including phenoxy) is 2. The number of nitrogens with one attached hydrogen (secondary N) is 1. The Balaban J connectivity index is 1.49. The van der Waals surface area contributed by atoms with Crippen LogP contribution in [-0.4, -0.2) is 21.4 Å². The minimum Gasteiger partial charge on any atom is -0.495 e. The SMILES string of the molecule is COc1ccccc1NC(=O)c1ccc(S(=O)(=O)c2ccc(Oc3ccccc3)cc2)cc1. The number of methoxy groups -OCH3 is 1. The maximum Gasteiger partial charge on any atom is 0.255 e. The van der Waals surface area contributed by atoms with Gasteiger partial charge in [0, 0.05) is 5.56 Å². The zero-order valence-electron chi connectivity index (χ0n) is 17.8. The van der Waals surface area contributed by atoms with Crippen LogP contribution in [0.1, 0.15) is 10.4 Å². The molecule has 0 aliphatic carbocycles. The first-order valence-electron chi connectivity index (χ1n) is 10.1. The van der Waals surface area contributed by atoms with Gasteiger partial charge in [-0.3, -0.25) is 4.79 Å². The summed E-state index contributed by atoms with van der Waals surface area (Å²) in [6.07, 6.45) is 0. The Bertz CT molecular complexity index is 1350. The minimum atomic E-state index is -3.75. The fraction of sp³-hybridized carbons (Fsp3) is 0.0385. The van der Waals surface area contributed by atoms with Crippen molar-refractivity contribution in [1.82, 2.24) is 0 Å². The Morgan fingerprint density at radius 1 is 0.697 bits per heavy atom. The third-order valence-electron chi connectivity index (χ3n) is 4.89. The Morgan fingerprint density at radius 3 is 1.88 bits per heavy atom. The number of carbonyl (C=O) groups excluding carboxylic acids is 1. The third kappa shape index (κ3) is 5.05. The zero-order chi connectivity index (χ0) is 23.3. The van der Waals surface area contributed by atoms with Crippen LogP contribution in [-0.2, 0) is 9.84 Å². The summed E-state index contributed by atoms with van der Waals surface area (Å²) < 4.78 is 36.9. The van der Waals surface area contributed by atoms with Gasteiger partial charge in [-0.05, 0) is 72.8 Å². The van der Waals surface area contributed by atoms with Crippen molar-refractivity contribution >= 4 is 21.4 Å². The molecule has 0 spiro atoms. The molecule has 33 heavy (non-hydrogen) atoms. The van der Waals surface area contributed by atoms with Crippen molar-refractivity contribution in [2.75, 3.05) is 12.4 Å². The molecule has 4 aromatic rings. The lowest BCUT2D eigenvalue weighted by atomic mass is 10.2. The quantitative estimate of drug-likeness (QED) is 0.391. The van der Waals surface area contributed by atoms with Crippen LogP contribution < -0.4 is 14.8 Å². The van der Waals surface area contributed by atoms with Crippen molar-refractivity contribution in [2.45, 2.75) is 9.79 Å².